The molecule has 0 fully saturated rings. The Kier molecular flexibility index (Phi) is 3.98. The molecular formula is C19H19N5. The zero-order chi connectivity index (χ0) is 16.2. The van der Waals surface area contributed by atoms with Crippen molar-refractivity contribution in [3.63, 3.8) is 0 Å². The summed E-state index contributed by atoms with van der Waals surface area (Å²) in [5.74, 6) is 0.574. The summed E-state index contributed by atoms with van der Waals surface area (Å²) in [5.41, 5.74) is 5.49. The first-order valence-corrected chi connectivity index (χ1v) is 7.99. The van der Waals surface area contributed by atoms with Gasteiger partial charge in [0, 0.05) is 31.1 Å². The molecule has 5 nitrogen and oxygen atoms in total. The highest BCUT2D eigenvalue weighted by atomic mass is 14.9. The predicted molar refractivity (Wildman–Crippen MR) is 96.5 cm³/mol. The van der Waals surface area contributed by atoms with Gasteiger partial charge < -0.3 is 5.32 Å². The van der Waals surface area contributed by atoms with Gasteiger partial charge in [0.2, 0.25) is 0 Å². The molecule has 1 atom stereocenters. The Morgan fingerprint density at radius 3 is 2.92 bits per heavy atom. The molecule has 3 heterocycles. The minimum Gasteiger partial charge on any atom is -0.358 e. The molecule has 0 saturated carbocycles. The SMILES string of the molecule is C1=CCC2C(=CC1)Nc1ccccc12.[HH].c1cnc2ncncc2n1. The molecule has 5 rings (SSSR count). The Morgan fingerprint density at radius 1 is 1.04 bits per heavy atom. The molecule has 5 heteroatoms. The predicted octanol–water partition coefficient (Wildman–Crippen LogP) is 4.10. The Morgan fingerprint density at radius 2 is 1.96 bits per heavy atom. The smallest absolute Gasteiger partial charge is 0.181 e. The fraction of sp³-hybridized carbons (Fsp3) is 0.158. The van der Waals surface area contributed by atoms with Crippen molar-refractivity contribution < 1.29 is 1.43 Å². The molecule has 2 aromatic heterocycles. The number of rotatable bonds is 0. The van der Waals surface area contributed by atoms with Crippen LogP contribution in [0.25, 0.3) is 11.2 Å². The first-order chi connectivity index (χ1) is 11.9. The van der Waals surface area contributed by atoms with E-state index in [1.165, 1.54) is 23.3 Å². The van der Waals surface area contributed by atoms with Gasteiger partial charge in [-0.15, -0.1) is 0 Å². The average Bonchev–Trinajstić information content (AvgIpc) is 2.83. The van der Waals surface area contributed by atoms with Crippen molar-refractivity contribution in [3.05, 3.63) is 78.7 Å². The highest BCUT2D eigenvalue weighted by Crippen LogP contribution is 2.41. The van der Waals surface area contributed by atoms with E-state index in [0.717, 1.165) is 18.4 Å². The molecule has 0 spiro atoms. The third-order valence-electron chi connectivity index (χ3n) is 4.15. The second-order valence-electron chi connectivity index (χ2n) is 5.66. The monoisotopic (exact) mass is 317 g/mol. The van der Waals surface area contributed by atoms with E-state index in [2.05, 4.69) is 67.7 Å². The lowest BCUT2D eigenvalue weighted by atomic mass is 9.96. The van der Waals surface area contributed by atoms with Gasteiger partial charge in [0.25, 0.3) is 0 Å². The van der Waals surface area contributed by atoms with E-state index in [9.17, 15) is 0 Å². The van der Waals surface area contributed by atoms with E-state index in [4.69, 9.17) is 0 Å². The molecule has 0 amide bonds. The third kappa shape index (κ3) is 2.88. The van der Waals surface area contributed by atoms with Gasteiger partial charge in [-0.25, -0.2) is 19.9 Å². The summed E-state index contributed by atoms with van der Waals surface area (Å²) in [6.07, 6.45) is 15.3. The van der Waals surface area contributed by atoms with Crippen molar-refractivity contribution in [1.29, 1.82) is 0 Å². The van der Waals surface area contributed by atoms with Gasteiger partial charge in [0.15, 0.2) is 5.65 Å². The lowest BCUT2D eigenvalue weighted by Gasteiger charge is -2.07. The van der Waals surface area contributed by atoms with Crippen LogP contribution in [0, 0.1) is 0 Å². The summed E-state index contributed by atoms with van der Waals surface area (Å²) in [5, 5.41) is 3.50. The molecule has 2 aliphatic rings. The van der Waals surface area contributed by atoms with Crippen molar-refractivity contribution in [2.45, 2.75) is 18.8 Å². The molecular weight excluding hydrogens is 298 g/mol. The van der Waals surface area contributed by atoms with Crippen LogP contribution in [0.1, 0.15) is 25.7 Å². The van der Waals surface area contributed by atoms with Gasteiger partial charge in [0.1, 0.15) is 11.8 Å². The van der Waals surface area contributed by atoms with Gasteiger partial charge >= 0.3 is 0 Å². The molecule has 0 radical (unpaired) electrons. The summed E-state index contributed by atoms with van der Waals surface area (Å²) in [6, 6.07) is 8.60. The van der Waals surface area contributed by atoms with Crippen LogP contribution < -0.4 is 5.32 Å². The number of fused-ring (bicyclic) bond motifs is 4. The van der Waals surface area contributed by atoms with Crippen molar-refractivity contribution in [2.75, 3.05) is 5.32 Å². The molecule has 0 bridgehead atoms. The molecule has 1 unspecified atom stereocenters. The fourth-order valence-corrected chi connectivity index (χ4v) is 3.02. The molecule has 3 aromatic rings. The number of benzene rings is 1. The molecule has 0 saturated heterocycles. The van der Waals surface area contributed by atoms with E-state index in [0.29, 0.717) is 11.6 Å². The largest absolute Gasteiger partial charge is 0.358 e. The highest BCUT2D eigenvalue weighted by Gasteiger charge is 2.25. The highest BCUT2D eigenvalue weighted by molar-refractivity contribution is 5.67. The van der Waals surface area contributed by atoms with Crippen molar-refractivity contribution >= 4 is 16.9 Å². The Labute approximate surface area is 141 Å². The van der Waals surface area contributed by atoms with Gasteiger partial charge in [-0.1, -0.05) is 36.4 Å². The maximum absolute atomic E-state index is 3.99. The van der Waals surface area contributed by atoms with Crippen LogP contribution in [0.15, 0.2) is 73.1 Å². The standard InChI is InChI=1S/C13H13N.C6H4N4.H2/c1-2-6-10-11-7-4-5-9-13(11)14-12(10)8-3-1;1-2-9-6-5(8-1)3-7-4-10-6;/h1-2,4-5,7-10,14H,3,6H2;1-4H;1H. The number of allylic oxidation sites excluding steroid dienone is 4. The minimum atomic E-state index is 0. The number of para-hydroxylation sites is 1. The Hall–Kier alpha value is -3.08. The maximum atomic E-state index is 3.99. The van der Waals surface area contributed by atoms with Crippen LogP contribution in [0.3, 0.4) is 0 Å². The van der Waals surface area contributed by atoms with E-state index < -0.39 is 0 Å². The number of hydrogen-bond acceptors (Lipinski definition) is 5. The maximum Gasteiger partial charge on any atom is 0.181 e. The number of nitrogens with zero attached hydrogens (tertiary/aromatic N) is 4. The summed E-state index contributed by atoms with van der Waals surface area (Å²) in [4.78, 5) is 15.7. The molecule has 120 valence electrons. The zero-order valence-corrected chi connectivity index (χ0v) is 13.1. The Balaban J connectivity index is 0.000000148. The van der Waals surface area contributed by atoms with E-state index in [1.54, 1.807) is 18.6 Å². The van der Waals surface area contributed by atoms with Gasteiger partial charge in [-0.05, 0) is 24.5 Å². The third-order valence-corrected chi connectivity index (χ3v) is 4.15. The van der Waals surface area contributed by atoms with Gasteiger partial charge in [-0.2, -0.15) is 0 Å². The molecule has 1 aromatic carbocycles. The number of anilines is 1. The van der Waals surface area contributed by atoms with Gasteiger partial charge in [0.05, 0.1) is 6.20 Å². The first kappa shape index (κ1) is 14.5. The number of aromatic nitrogens is 4. The molecule has 1 aliphatic carbocycles. The number of nitrogens with one attached hydrogen (secondary N) is 1. The van der Waals surface area contributed by atoms with E-state index >= 15 is 0 Å². The molecule has 24 heavy (non-hydrogen) atoms. The average molecular weight is 317 g/mol. The van der Waals surface area contributed by atoms with Crippen LogP contribution in [-0.2, 0) is 0 Å². The number of hydrogen-bond donors (Lipinski definition) is 1. The van der Waals surface area contributed by atoms with Crippen LogP contribution in [0.5, 0.6) is 0 Å². The Bertz CT molecular complexity index is 857. The fourth-order valence-electron chi connectivity index (χ4n) is 3.02. The summed E-state index contributed by atoms with van der Waals surface area (Å²) in [6.45, 7) is 0. The summed E-state index contributed by atoms with van der Waals surface area (Å²) in [7, 11) is 0. The first-order valence-electron chi connectivity index (χ1n) is 7.99. The van der Waals surface area contributed by atoms with Crippen molar-refractivity contribution in [1.82, 2.24) is 19.9 Å². The topological polar surface area (TPSA) is 63.6 Å². The van der Waals surface area contributed by atoms with E-state index in [1.807, 2.05) is 0 Å². The van der Waals surface area contributed by atoms with Crippen molar-refractivity contribution in [2.24, 2.45) is 0 Å². The summed E-state index contributed by atoms with van der Waals surface area (Å²) < 4.78 is 0. The van der Waals surface area contributed by atoms with Crippen molar-refractivity contribution in [3.8, 4) is 0 Å². The van der Waals surface area contributed by atoms with Crippen LogP contribution in [0.2, 0.25) is 0 Å². The van der Waals surface area contributed by atoms with Crippen LogP contribution in [0.4, 0.5) is 5.69 Å². The summed E-state index contributed by atoms with van der Waals surface area (Å²) >= 11 is 0. The zero-order valence-electron chi connectivity index (χ0n) is 13.1. The lowest BCUT2D eigenvalue weighted by Crippen LogP contribution is -1.97. The molecule has 1 N–H and O–H groups in total. The van der Waals surface area contributed by atoms with Crippen LogP contribution >= 0.6 is 0 Å². The van der Waals surface area contributed by atoms with Crippen LogP contribution in [-0.4, -0.2) is 19.9 Å². The normalized spacial score (nSPS) is 17.7. The quantitative estimate of drug-likeness (QED) is 0.633. The lowest BCUT2D eigenvalue weighted by molar-refractivity contribution is 0.851. The second kappa shape index (κ2) is 6.58. The second-order valence-corrected chi connectivity index (χ2v) is 5.66. The molecule has 1 aliphatic heterocycles. The van der Waals surface area contributed by atoms with E-state index in [-0.39, 0.29) is 1.43 Å². The van der Waals surface area contributed by atoms with Gasteiger partial charge in [-0.3, -0.25) is 0 Å². The minimum absolute atomic E-state index is 0.